The van der Waals surface area contributed by atoms with E-state index in [0.29, 0.717) is 11.1 Å². The first-order chi connectivity index (χ1) is 7.64. The normalized spacial score (nSPS) is 14.1. The molecule has 6 heteroatoms. The molecule has 0 aromatic rings. The maximum absolute atomic E-state index is 5.63. The van der Waals surface area contributed by atoms with Gasteiger partial charge in [0.1, 0.15) is 0 Å². The second-order valence-electron chi connectivity index (χ2n) is 3.67. The molecule has 0 aliphatic heterocycles. The third kappa shape index (κ3) is 6.47. The Kier molecular flexibility index (Phi) is 10.2. The van der Waals surface area contributed by atoms with Gasteiger partial charge in [-0.15, -0.1) is 11.6 Å². The van der Waals surface area contributed by atoms with Gasteiger partial charge in [-0.3, -0.25) is 0 Å². The Hall–Kier alpha value is 0.737. The fraction of sp³-hybridized carbons (Fsp3) is 1.00. The van der Waals surface area contributed by atoms with Crippen molar-refractivity contribution in [1.82, 2.24) is 0 Å². The molecule has 0 amide bonds. The molecule has 98 valence electrons. The summed E-state index contributed by atoms with van der Waals surface area (Å²) in [6.45, 7) is 0. The summed E-state index contributed by atoms with van der Waals surface area (Å²) in [5, 5.41) is 0.413. The van der Waals surface area contributed by atoms with E-state index in [4.69, 9.17) is 24.9 Å². The third-order valence-corrected chi connectivity index (χ3v) is 6.24. The number of hydrogen-bond donors (Lipinski definition) is 1. The first kappa shape index (κ1) is 16.7. The molecule has 0 aromatic carbocycles. The maximum Gasteiger partial charge on any atom is 0.500 e. The van der Waals surface area contributed by atoms with Crippen LogP contribution in [0.4, 0.5) is 0 Å². The van der Waals surface area contributed by atoms with Gasteiger partial charge in [-0.05, 0) is 25.7 Å². The minimum atomic E-state index is -2.38. The van der Waals surface area contributed by atoms with Gasteiger partial charge < -0.3 is 13.3 Å². The Bertz CT molecular complexity index is 162. The molecule has 0 bridgehead atoms. The molecular weight excluding hydrogens is 264 g/mol. The average molecular weight is 287 g/mol. The van der Waals surface area contributed by atoms with Gasteiger partial charge in [0.25, 0.3) is 0 Å². The molecule has 0 heterocycles. The number of hydrogen-bond acceptors (Lipinski definition) is 4. The van der Waals surface area contributed by atoms with Gasteiger partial charge in [-0.25, -0.2) is 0 Å². The maximum atomic E-state index is 5.63. The summed E-state index contributed by atoms with van der Waals surface area (Å²) in [6, 6.07) is 0.842. The van der Waals surface area contributed by atoms with Crippen molar-refractivity contribution >= 4 is 33.0 Å². The lowest BCUT2D eigenvalue weighted by atomic mass is 10.1. The van der Waals surface area contributed by atoms with Crippen LogP contribution in [0.2, 0.25) is 6.04 Å². The number of alkyl halides is 1. The molecule has 0 aliphatic rings. The van der Waals surface area contributed by atoms with Crippen LogP contribution in [0.15, 0.2) is 0 Å². The Morgan fingerprint density at radius 2 is 1.56 bits per heavy atom. The third-order valence-electron chi connectivity index (χ3n) is 2.62. The van der Waals surface area contributed by atoms with Crippen molar-refractivity contribution < 1.29 is 13.3 Å². The Balaban J connectivity index is 3.77. The molecular formula is C10H23ClO3SSi. The van der Waals surface area contributed by atoms with Crippen LogP contribution in [-0.4, -0.2) is 41.3 Å². The molecule has 3 nitrogen and oxygen atoms in total. The minimum Gasteiger partial charge on any atom is -0.377 e. The number of thiol groups is 1. The van der Waals surface area contributed by atoms with Crippen LogP contribution in [0, 0.1) is 0 Å². The van der Waals surface area contributed by atoms with E-state index in [2.05, 4.69) is 12.6 Å². The van der Waals surface area contributed by atoms with E-state index in [1.807, 2.05) is 0 Å². The SMILES string of the molecule is CO[Si](CCCC(S)CCCCl)(OC)OC. The highest BCUT2D eigenvalue weighted by atomic mass is 35.5. The summed E-state index contributed by atoms with van der Waals surface area (Å²) in [5.41, 5.74) is 0. The van der Waals surface area contributed by atoms with Crippen LogP contribution in [-0.2, 0) is 13.3 Å². The zero-order chi connectivity index (χ0) is 12.4. The van der Waals surface area contributed by atoms with Crippen molar-refractivity contribution in [3.63, 3.8) is 0 Å². The summed E-state index contributed by atoms with van der Waals surface area (Å²) in [7, 11) is 2.56. The van der Waals surface area contributed by atoms with Gasteiger partial charge in [0.15, 0.2) is 0 Å². The first-order valence-electron chi connectivity index (χ1n) is 5.53. The van der Waals surface area contributed by atoms with Crippen molar-refractivity contribution in [3.05, 3.63) is 0 Å². The summed E-state index contributed by atoms with van der Waals surface area (Å²) in [6.07, 6.45) is 4.15. The van der Waals surface area contributed by atoms with Crippen molar-refractivity contribution in [2.45, 2.75) is 37.0 Å². The van der Waals surface area contributed by atoms with Crippen LogP contribution in [0.3, 0.4) is 0 Å². The largest absolute Gasteiger partial charge is 0.500 e. The molecule has 0 saturated carbocycles. The highest BCUT2D eigenvalue weighted by Gasteiger charge is 2.36. The predicted octanol–water partition coefficient (Wildman–Crippen LogP) is 2.96. The zero-order valence-corrected chi connectivity index (χ0v) is 13.0. The number of rotatable bonds is 10. The lowest BCUT2D eigenvalue weighted by molar-refractivity contribution is 0.123. The van der Waals surface area contributed by atoms with Gasteiger partial charge in [0.05, 0.1) is 0 Å². The molecule has 1 unspecified atom stereocenters. The molecule has 0 radical (unpaired) electrons. The average Bonchev–Trinajstić information content (AvgIpc) is 2.33. The van der Waals surface area contributed by atoms with Crippen molar-refractivity contribution in [3.8, 4) is 0 Å². The predicted molar refractivity (Wildman–Crippen MR) is 73.6 cm³/mol. The topological polar surface area (TPSA) is 27.7 Å². The standard InChI is InChI=1S/C10H23ClO3SSi/c1-12-16(13-2,14-3)9-5-7-10(15)6-4-8-11/h10,15H,4-9H2,1-3H3. The van der Waals surface area contributed by atoms with Crippen molar-refractivity contribution in [2.75, 3.05) is 27.2 Å². The van der Waals surface area contributed by atoms with E-state index in [1.54, 1.807) is 21.3 Å². The Labute approximate surface area is 111 Å². The summed E-state index contributed by atoms with van der Waals surface area (Å²) < 4.78 is 16.0. The molecule has 0 rings (SSSR count). The Morgan fingerprint density at radius 1 is 1.06 bits per heavy atom. The molecule has 1 atom stereocenters. The monoisotopic (exact) mass is 286 g/mol. The van der Waals surface area contributed by atoms with E-state index < -0.39 is 8.80 Å². The van der Waals surface area contributed by atoms with Crippen molar-refractivity contribution in [1.29, 1.82) is 0 Å². The molecule has 0 saturated heterocycles. The summed E-state index contributed by atoms with van der Waals surface area (Å²) in [5.74, 6) is 0.712. The lowest BCUT2D eigenvalue weighted by Crippen LogP contribution is -2.42. The Morgan fingerprint density at radius 3 is 2.00 bits per heavy atom. The van der Waals surface area contributed by atoms with E-state index >= 15 is 0 Å². The van der Waals surface area contributed by atoms with E-state index in [9.17, 15) is 0 Å². The fourth-order valence-corrected chi connectivity index (χ4v) is 3.84. The van der Waals surface area contributed by atoms with Crippen LogP contribution in [0.1, 0.15) is 25.7 Å². The zero-order valence-electron chi connectivity index (χ0n) is 10.4. The lowest BCUT2D eigenvalue weighted by Gasteiger charge is -2.24. The van der Waals surface area contributed by atoms with Gasteiger partial charge in [0.2, 0.25) is 0 Å². The molecule has 0 N–H and O–H groups in total. The van der Waals surface area contributed by atoms with Gasteiger partial charge in [0, 0.05) is 38.5 Å². The highest BCUT2D eigenvalue weighted by Crippen LogP contribution is 2.20. The second kappa shape index (κ2) is 9.73. The van der Waals surface area contributed by atoms with Crippen molar-refractivity contribution in [2.24, 2.45) is 0 Å². The van der Waals surface area contributed by atoms with E-state index in [1.165, 1.54) is 0 Å². The summed E-state index contributed by atoms with van der Waals surface area (Å²) in [4.78, 5) is 0. The van der Waals surface area contributed by atoms with Crippen LogP contribution >= 0.6 is 24.2 Å². The van der Waals surface area contributed by atoms with Gasteiger partial charge >= 0.3 is 8.80 Å². The molecule has 16 heavy (non-hydrogen) atoms. The molecule has 0 aromatic heterocycles. The van der Waals surface area contributed by atoms with Crippen LogP contribution in [0.5, 0.6) is 0 Å². The van der Waals surface area contributed by atoms with E-state index in [-0.39, 0.29) is 0 Å². The molecule has 0 spiro atoms. The second-order valence-corrected chi connectivity index (χ2v) is 7.87. The number of halogens is 1. The minimum absolute atomic E-state index is 0.413. The first-order valence-corrected chi connectivity index (χ1v) is 8.52. The van der Waals surface area contributed by atoms with Crippen LogP contribution in [0.25, 0.3) is 0 Å². The van der Waals surface area contributed by atoms with Crippen LogP contribution < -0.4 is 0 Å². The van der Waals surface area contributed by atoms with E-state index in [0.717, 1.165) is 31.7 Å². The van der Waals surface area contributed by atoms with Gasteiger partial charge in [-0.2, -0.15) is 12.6 Å². The quantitative estimate of drug-likeness (QED) is 0.380. The van der Waals surface area contributed by atoms with Gasteiger partial charge in [-0.1, -0.05) is 0 Å². The molecule has 0 fully saturated rings. The smallest absolute Gasteiger partial charge is 0.377 e. The fourth-order valence-electron chi connectivity index (χ4n) is 1.57. The summed E-state index contributed by atoms with van der Waals surface area (Å²) >= 11 is 10.1. The molecule has 0 aliphatic carbocycles. The highest BCUT2D eigenvalue weighted by molar-refractivity contribution is 7.80.